The van der Waals surface area contributed by atoms with Crippen molar-refractivity contribution in [1.82, 2.24) is 0 Å². The zero-order chi connectivity index (χ0) is 6.69. The number of carbonyl (C=O) groups excluding carboxylic acids is 2. The lowest BCUT2D eigenvalue weighted by molar-refractivity contribution is -0.111. The highest BCUT2D eigenvalue weighted by molar-refractivity contribution is 6.03. The average molecular weight is 122 g/mol. The summed E-state index contributed by atoms with van der Waals surface area (Å²) in [7, 11) is 0. The van der Waals surface area contributed by atoms with Crippen LogP contribution in [0.1, 0.15) is 6.42 Å². The first-order chi connectivity index (χ1) is 4.33. The molecule has 0 aromatic rings. The van der Waals surface area contributed by atoms with E-state index in [0.717, 1.165) is 0 Å². The van der Waals surface area contributed by atoms with Gasteiger partial charge in [-0.25, -0.2) is 0 Å². The van der Waals surface area contributed by atoms with Gasteiger partial charge in [0, 0.05) is 0 Å². The number of allylic oxidation sites excluding steroid dienone is 4. The highest BCUT2D eigenvalue weighted by atomic mass is 16.1. The van der Waals surface area contributed by atoms with Crippen LogP contribution >= 0.6 is 0 Å². The predicted molar refractivity (Wildman–Crippen MR) is 32.9 cm³/mol. The zero-order valence-electron chi connectivity index (χ0n) is 4.83. The molecule has 0 unspecified atom stereocenters. The van der Waals surface area contributed by atoms with Crippen LogP contribution in [-0.4, -0.2) is 12.1 Å². The zero-order valence-corrected chi connectivity index (χ0v) is 4.83. The van der Waals surface area contributed by atoms with Crippen molar-refractivity contribution in [3.05, 3.63) is 23.8 Å². The van der Waals surface area contributed by atoms with E-state index in [0.29, 0.717) is 18.3 Å². The molecule has 9 heavy (non-hydrogen) atoms. The van der Waals surface area contributed by atoms with Gasteiger partial charge < -0.3 is 0 Å². The summed E-state index contributed by atoms with van der Waals surface area (Å²) in [5.74, 6) is -0.0941. The first-order valence-corrected chi connectivity index (χ1v) is 2.69. The second-order valence-electron chi connectivity index (χ2n) is 1.85. The molecule has 0 saturated carbocycles. The fraction of sp³-hybridized carbons (Fsp3) is 0.143. The Morgan fingerprint density at radius 3 is 2.78 bits per heavy atom. The molecular weight excluding hydrogens is 116 g/mol. The van der Waals surface area contributed by atoms with Gasteiger partial charge in [-0.15, -0.1) is 0 Å². The highest BCUT2D eigenvalue weighted by Gasteiger charge is 2.00. The van der Waals surface area contributed by atoms with Gasteiger partial charge in [0.05, 0.1) is 0 Å². The van der Waals surface area contributed by atoms with Gasteiger partial charge in [0.15, 0.2) is 5.78 Å². The number of carbonyl (C=O) groups is 2. The Kier molecular flexibility index (Phi) is 1.58. The van der Waals surface area contributed by atoms with Gasteiger partial charge in [-0.3, -0.25) is 9.59 Å². The Bertz CT molecular complexity index is 199. The molecule has 0 spiro atoms. The first-order valence-electron chi connectivity index (χ1n) is 2.69. The van der Waals surface area contributed by atoms with Crippen LogP contribution in [0.2, 0.25) is 0 Å². The van der Waals surface area contributed by atoms with E-state index in [1.54, 1.807) is 6.08 Å². The van der Waals surface area contributed by atoms with Crippen molar-refractivity contribution in [3.8, 4) is 0 Å². The topological polar surface area (TPSA) is 34.1 Å². The average Bonchev–Trinajstić information content (AvgIpc) is 1.88. The Morgan fingerprint density at radius 1 is 1.56 bits per heavy atom. The molecule has 0 aromatic heterocycles. The molecule has 2 heteroatoms. The Labute approximate surface area is 52.9 Å². The Balaban J connectivity index is 2.77. The third kappa shape index (κ3) is 1.35. The molecule has 1 aliphatic carbocycles. The third-order valence-corrected chi connectivity index (χ3v) is 1.11. The molecule has 1 rings (SSSR count). The minimum Gasteiger partial charge on any atom is -0.298 e. The molecule has 0 fully saturated rings. The fourth-order valence-corrected chi connectivity index (χ4v) is 0.683. The molecule has 0 aliphatic heterocycles. The third-order valence-electron chi connectivity index (χ3n) is 1.11. The van der Waals surface area contributed by atoms with Crippen molar-refractivity contribution >= 4 is 12.1 Å². The van der Waals surface area contributed by atoms with Crippen LogP contribution in [0.4, 0.5) is 0 Å². The minimum atomic E-state index is -0.0941. The van der Waals surface area contributed by atoms with Gasteiger partial charge in [-0.2, -0.15) is 0 Å². The van der Waals surface area contributed by atoms with Crippen molar-refractivity contribution in [2.24, 2.45) is 0 Å². The predicted octanol–water partition coefficient (Wildman–Crippen LogP) is 0.641. The van der Waals surface area contributed by atoms with E-state index in [-0.39, 0.29) is 5.78 Å². The number of hydrogen-bond donors (Lipinski definition) is 0. The summed E-state index contributed by atoms with van der Waals surface area (Å²) < 4.78 is 0. The normalized spacial score (nSPS) is 17.3. The van der Waals surface area contributed by atoms with Crippen LogP contribution in [-0.2, 0) is 9.59 Å². The summed E-state index contributed by atoms with van der Waals surface area (Å²) in [6, 6.07) is 0. The lowest BCUT2D eigenvalue weighted by Gasteiger charge is -1.96. The second kappa shape index (κ2) is 2.40. The molecule has 46 valence electrons. The molecule has 2 nitrogen and oxygen atoms in total. The fourth-order valence-electron chi connectivity index (χ4n) is 0.683. The molecule has 0 atom stereocenters. The molecule has 0 aromatic carbocycles. The van der Waals surface area contributed by atoms with Crippen LogP contribution in [0.5, 0.6) is 0 Å². The molecule has 0 bridgehead atoms. The maximum atomic E-state index is 10.5. The van der Waals surface area contributed by atoms with Gasteiger partial charge in [-0.1, -0.05) is 6.08 Å². The van der Waals surface area contributed by atoms with Gasteiger partial charge >= 0.3 is 0 Å². The second-order valence-corrected chi connectivity index (χ2v) is 1.85. The van der Waals surface area contributed by atoms with Crippen molar-refractivity contribution in [2.45, 2.75) is 6.42 Å². The standard InChI is InChI=1S/C7H6O2/c8-5-6-2-1-3-7(9)4-6/h1,3-5H,2H2. The monoisotopic (exact) mass is 122 g/mol. The first kappa shape index (κ1) is 5.95. The van der Waals surface area contributed by atoms with Crippen molar-refractivity contribution in [1.29, 1.82) is 0 Å². The molecule has 0 heterocycles. The number of ketones is 1. The largest absolute Gasteiger partial charge is 0.298 e. The molecular formula is C7H6O2. The summed E-state index contributed by atoms with van der Waals surface area (Å²) in [5, 5.41) is 0. The summed E-state index contributed by atoms with van der Waals surface area (Å²) in [6.07, 6.45) is 5.81. The van der Waals surface area contributed by atoms with E-state index in [2.05, 4.69) is 0 Å². The SMILES string of the molecule is O=CC1=CC(=O)C=CC1. The quantitative estimate of drug-likeness (QED) is 0.478. The molecule has 1 aliphatic rings. The van der Waals surface area contributed by atoms with E-state index >= 15 is 0 Å². The molecule has 0 saturated heterocycles. The van der Waals surface area contributed by atoms with E-state index in [1.165, 1.54) is 12.2 Å². The van der Waals surface area contributed by atoms with E-state index in [4.69, 9.17) is 0 Å². The van der Waals surface area contributed by atoms with Gasteiger partial charge in [0.25, 0.3) is 0 Å². The maximum absolute atomic E-state index is 10.5. The lowest BCUT2D eigenvalue weighted by Crippen LogP contribution is -1.96. The molecule has 0 amide bonds. The molecule has 0 N–H and O–H groups in total. The molecule has 0 radical (unpaired) electrons. The Morgan fingerprint density at radius 2 is 2.33 bits per heavy atom. The van der Waals surface area contributed by atoms with Crippen molar-refractivity contribution < 1.29 is 9.59 Å². The van der Waals surface area contributed by atoms with E-state index in [9.17, 15) is 9.59 Å². The summed E-state index contributed by atoms with van der Waals surface area (Å²) in [6.45, 7) is 0. The summed E-state index contributed by atoms with van der Waals surface area (Å²) in [4.78, 5) is 20.6. The van der Waals surface area contributed by atoms with Crippen LogP contribution < -0.4 is 0 Å². The van der Waals surface area contributed by atoms with Crippen LogP contribution in [0.3, 0.4) is 0 Å². The van der Waals surface area contributed by atoms with E-state index < -0.39 is 0 Å². The lowest BCUT2D eigenvalue weighted by atomic mass is 10.1. The van der Waals surface area contributed by atoms with Gasteiger partial charge in [-0.05, 0) is 24.1 Å². The van der Waals surface area contributed by atoms with E-state index in [1.807, 2.05) is 0 Å². The van der Waals surface area contributed by atoms with Crippen molar-refractivity contribution in [3.63, 3.8) is 0 Å². The van der Waals surface area contributed by atoms with Gasteiger partial charge in [0.1, 0.15) is 6.29 Å². The van der Waals surface area contributed by atoms with Crippen molar-refractivity contribution in [2.75, 3.05) is 0 Å². The summed E-state index contributed by atoms with van der Waals surface area (Å²) in [5.41, 5.74) is 0.558. The number of rotatable bonds is 1. The van der Waals surface area contributed by atoms with Gasteiger partial charge in [0.2, 0.25) is 0 Å². The number of aldehydes is 1. The van der Waals surface area contributed by atoms with Crippen LogP contribution in [0.15, 0.2) is 23.8 Å². The highest BCUT2D eigenvalue weighted by Crippen LogP contribution is 2.04. The van der Waals surface area contributed by atoms with Crippen LogP contribution in [0.25, 0.3) is 0 Å². The maximum Gasteiger partial charge on any atom is 0.178 e. The summed E-state index contributed by atoms with van der Waals surface area (Å²) >= 11 is 0. The Hall–Kier alpha value is -1.18. The number of hydrogen-bond acceptors (Lipinski definition) is 2. The smallest absolute Gasteiger partial charge is 0.178 e. The van der Waals surface area contributed by atoms with Crippen LogP contribution in [0, 0.1) is 0 Å². The minimum absolute atomic E-state index is 0.0941.